The van der Waals surface area contributed by atoms with Gasteiger partial charge in [-0.3, -0.25) is 0 Å². The van der Waals surface area contributed by atoms with Gasteiger partial charge in [0.25, 0.3) is 0 Å². The Bertz CT molecular complexity index is 66.6. The van der Waals surface area contributed by atoms with E-state index in [2.05, 4.69) is 29.5 Å². The van der Waals surface area contributed by atoms with Crippen LogP contribution in [0.5, 0.6) is 0 Å². The van der Waals surface area contributed by atoms with Crippen LogP contribution in [0.3, 0.4) is 0 Å². The summed E-state index contributed by atoms with van der Waals surface area (Å²) >= 11 is 2.42. The van der Waals surface area contributed by atoms with Crippen LogP contribution in [-0.4, -0.2) is 24.4 Å². The van der Waals surface area contributed by atoms with Gasteiger partial charge in [0, 0.05) is 17.6 Å². The van der Waals surface area contributed by atoms with Crippen molar-refractivity contribution in [3.05, 3.63) is 0 Å². The third kappa shape index (κ3) is 8.65. The lowest BCUT2D eigenvalue weighted by atomic mass is 10.3. The van der Waals surface area contributed by atoms with Gasteiger partial charge in [-0.05, 0) is 12.8 Å². The first-order valence-corrected chi connectivity index (χ1v) is 4.72. The van der Waals surface area contributed by atoms with Gasteiger partial charge < -0.3 is 9.47 Å². The largest absolute Gasteiger partial charge is 0.359 e. The minimum absolute atomic E-state index is 0.426. The summed E-state index contributed by atoms with van der Waals surface area (Å²) in [7, 11) is 1.64. The molecule has 0 N–H and O–H groups in total. The van der Waals surface area contributed by atoms with Crippen molar-refractivity contribution in [1.82, 2.24) is 0 Å². The number of methoxy groups -OCH3 is 1. The van der Waals surface area contributed by atoms with Gasteiger partial charge in [-0.1, -0.05) is 29.5 Å². The summed E-state index contributed by atoms with van der Waals surface area (Å²) in [6.07, 6.45) is 2.36. The number of hydrogen-bond donors (Lipinski definition) is 0. The first-order chi connectivity index (χ1) is 4.77. The molecule has 0 fully saturated rings. The number of hydrogen-bond acceptors (Lipinski definition) is 2. The van der Waals surface area contributed by atoms with Gasteiger partial charge in [-0.25, -0.2) is 0 Å². The van der Waals surface area contributed by atoms with Crippen LogP contribution >= 0.6 is 22.6 Å². The normalized spacial score (nSPS) is 13.5. The number of ether oxygens (including phenoxy) is 2. The van der Waals surface area contributed by atoms with E-state index in [9.17, 15) is 0 Å². The van der Waals surface area contributed by atoms with Gasteiger partial charge >= 0.3 is 0 Å². The van der Waals surface area contributed by atoms with Crippen molar-refractivity contribution in [1.29, 1.82) is 0 Å². The second kappa shape index (κ2) is 7.75. The van der Waals surface area contributed by atoms with Crippen LogP contribution in [0, 0.1) is 0 Å². The number of halogens is 1. The maximum Gasteiger partial charge on any atom is 0.146 e. The molecule has 1 atom stereocenters. The molecular weight excluding hydrogens is 243 g/mol. The Kier molecular flexibility index (Phi) is 8.26. The molecule has 0 rings (SSSR count). The van der Waals surface area contributed by atoms with E-state index in [1.807, 2.05) is 0 Å². The average Bonchev–Trinajstić information content (AvgIpc) is 1.87. The van der Waals surface area contributed by atoms with Gasteiger partial charge in [0.2, 0.25) is 0 Å². The van der Waals surface area contributed by atoms with E-state index in [4.69, 9.17) is 9.47 Å². The van der Waals surface area contributed by atoms with Crippen molar-refractivity contribution in [3.63, 3.8) is 0 Å². The Hall–Kier alpha value is 0.650. The summed E-state index contributed by atoms with van der Waals surface area (Å²) in [5.74, 6) is 0. The lowest BCUT2D eigenvalue weighted by Crippen LogP contribution is -2.00. The van der Waals surface area contributed by atoms with Crippen molar-refractivity contribution >= 4 is 22.6 Å². The van der Waals surface area contributed by atoms with Crippen LogP contribution in [0.15, 0.2) is 0 Å². The van der Waals surface area contributed by atoms with E-state index in [1.165, 1.54) is 6.42 Å². The number of rotatable bonds is 6. The van der Waals surface area contributed by atoms with Crippen LogP contribution in [0.25, 0.3) is 0 Å². The lowest BCUT2D eigenvalue weighted by molar-refractivity contribution is -0.0313. The molecule has 0 radical (unpaired) electrons. The summed E-state index contributed by atoms with van der Waals surface area (Å²) in [4.78, 5) is 0. The highest BCUT2D eigenvalue weighted by molar-refractivity contribution is 14.1. The molecule has 0 aliphatic rings. The molecule has 0 saturated carbocycles. The molecule has 3 heteroatoms. The predicted octanol–water partition coefficient (Wildman–Crippen LogP) is 2.21. The summed E-state index contributed by atoms with van der Waals surface area (Å²) < 4.78 is 10.6. The average molecular weight is 258 g/mol. The van der Waals surface area contributed by atoms with E-state index in [0.29, 0.717) is 6.79 Å². The molecule has 0 heterocycles. The second-order valence-corrected chi connectivity index (χ2v) is 4.36. The molecule has 0 aliphatic carbocycles. The van der Waals surface area contributed by atoms with E-state index in [1.54, 1.807) is 7.11 Å². The van der Waals surface area contributed by atoms with E-state index < -0.39 is 0 Å². The Morgan fingerprint density at radius 3 is 2.70 bits per heavy atom. The molecule has 0 bridgehead atoms. The minimum Gasteiger partial charge on any atom is -0.359 e. The van der Waals surface area contributed by atoms with Crippen molar-refractivity contribution in [3.8, 4) is 0 Å². The molecule has 0 amide bonds. The van der Waals surface area contributed by atoms with Crippen molar-refractivity contribution in [2.75, 3.05) is 20.5 Å². The first kappa shape index (κ1) is 10.7. The van der Waals surface area contributed by atoms with E-state index in [0.717, 1.165) is 17.0 Å². The fourth-order valence-corrected chi connectivity index (χ4v) is 1.05. The Balaban J connectivity index is 2.77. The van der Waals surface area contributed by atoms with Gasteiger partial charge in [0.1, 0.15) is 6.79 Å². The third-order valence-electron chi connectivity index (χ3n) is 1.09. The summed E-state index contributed by atoms with van der Waals surface area (Å²) in [5.41, 5.74) is 0. The summed E-state index contributed by atoms with van der Waals surface area (Å²) in [5, 5.41) is 0. The fourth-order valence-electron chi connectivity index (χ4n) is 0.609. The second-order valence-electron chi connectivity index (χ2n) is 2.24. The molecule has 0 aromatic carbocycles. The quantitative estimate of drug-likeness (QED) is 0.315. The molecule has 0 saturated heterocycles. The smallest absolute Gasteiger partial charge is 0.146 e. The van der Waals surface area contributed by atoms with Gasteiger partial charge in [-0.15, -0.1) is 0 Å². The van der Waals surface area contributed by atoms with Crippen molar-refractivity contribution in [2.24, 2.45) is 0 Å². The molecule has 1 unspecified atom stereocenters. The summed E-state index contributed by atoms with van der Waals surface area (Å²) in [6, 6.07) is 0. The molecule has 0 aromatic rings. The predicted molar refractivity (Wildman–Crippen MR) is 50.5 cm³/mol. The molecule has 0 spiro atoms. The Morgan fingerprint density at radius 1 is 1.50 bits per heavy atom. The highest BCUT2D eigenvalue weighted by Crippen LogP contribution is 2.06. The third-order valence-corrected chi connectivity index (χ3v) is 1.71. The van der Waals surface area contributed by atoms with Crippen molar-refractivity contribution < 1.29 is 9.47 Å². The fraction of sp³-hybridized carbons (Fsp3) is 1.00. The van der Waals surface area contributed by atoms with Gasteiger partial charge in [-0.2, -0.15) is 0 Å². The minimum atomic E-state index is 0.426. The van der Waals surface area contributed by atoms with Crippen LogP contribution in [0.4, 0.5) is 0 Å². The van der Waals surface area contributed by atoms with E-state index >= 15 is 0 Å². The molecule has 62 valence electrons. The SMILES string of the molecule is COCOCCCC(C)I. The standard InChI is InChI=1S/C7H15IO2/c1-7(8)4-3-5-10-6-9-2/h7H,3-6H2,1-2H3. The highest BCUT2D eigenvalue weighted by Gasteiger charge is 1.94. The van der Waals surface area contributed by atoms with Crippen LogP contribution < -0.4 is 0 Å². The zero-order chi connectivity index (χ0) is 7.82. The summed E-state index contributed by atoms with van der Waals surface area (Å²) in [6.45, 7) is 3.45. The maximum atomic E-state index is 5.11. The Morgan fingerprint density at radius 2 is 2.20 bits per heavy atom. The lowest BCUT2D eigenvalue weighted by Gasteiger charge is -2.03. The zero-order valence-corrected chi connectivity index (χ0v) is 8.76. The zero-order valence-electron chi connectivity index (χ0n) is 6.60. The van der Waals surface area contributed by atoms with Crippen molar-refractivity contribution in [2.45, 2.75) is 23.7 Å². The van der Waals surface area contributed by atoms with Gasteiger partial charge in [0.15, 0.2) is 0 Å². The van der Waals surface area contributed by atoms with Crippen LogP contribution in [-0.2, 0) is 9.47 Å². The van der Waals surface area contributed by atoms with Gasteiger partial charge in [0.05, 0.1) is 0 Å². The molecule has 2 nitrogen and oxygen atoms in total. The molecular formula is C7H15IO2. The van der Waals surface area contributed by atoms with Crippen LogP contribution in [0.1, 0.15) is 19.8 Å². The highest BCUT2D eigenvalue weighted by atomic mass is 127. The first-order valence-electron chi connectivity index (χ1n) is 3.48. The van der Waals surface area contributed by atoms with E-state index in [-0.39, 0.29) is 0 Å². The maximum absolute atomic E-state index is 5.11. The number of alkyl halides is 1. The Labute approximate surface area is 76.4 Å². The monoisotopic (exact) mass is 258 g/mol. The molecule has 0 aromatic heterocycles. The molecule has 0 aliphatic heterocycles. The topological polar surface area (TPSA) is 18.5 Å². The molecule has 10 heavy (non-hydrogen) atoms. The van der Waals surface area contributed by atoms with Crippen LogP contribution in [0.2, 0.25) is 0 Å².